The first kappa shape index (κ1) is 8.33. The van der Waals surface area contributed by atoms with Gasteiger partial charge in [0.05, 0.1) is 15.7 Å². The highest BCUT2D eigenvalue weighted by atomic mass is 16.3. The largest absolute Gasteiger partial charge is 0.388 e. The van der Waals surface area contributed by atoms with Crippen LogP contribution in [-0.4, -0.2) is 35.6 Å². The van der Waals surface area contributed by atoms with E-state index in [4.69, 9.17) is 20.8 Å². The van der Waals surface area contributed by atoms with Gasteiger partial charge in [-0.05, 0) is 5.34 Å². The van der Waals surface area contributed by atoms with E-state index in [2.05, 4.69) is 10.1 Å². The van der Waals surface area contributed by atoms with Crippen LogP contribution in [0.3, 0.4) is 0 Å². The normalized spacial score (nSPS) is 11.8. The lowest BCUT2D eigenvalue weighted by molar-refractivity contribution is 0.270. The van der Waals surface area contributed by atoms with Crippen molar-refractivity contribution in [3.8, 4) is 0 Å². The fourth-order valence-electron chi connectivity index (χ4n) is 0.602. The van der Waals surface area contributed by atoms with Crippen molar-refractivity contribution >= 4 is 15.7 Å². The van der Waals surface area contributed by atoms with Crippen molar-refractivity contribution in [1.82, 2.24) is 14.8 Å². The Bertz CT molecular complexity index is 242. The van der Waals surface area contributed by atoms with Crippen LogP contribution in [0.2, 0.25) is 0 Å². The van der Waals surface area contributed by atoms with E-state index < -0.39 is 5.34 Å². The summed E-state index contributed by atoms with van der Waals surface area (Å²) in [6.45, 7) is 1.38. The van der Waals surface area contributed by atoms with Gasteiger partial charge in [-0.3, -0.25) is 4.68 Å². The zero-order chi connectivity index (χ0) is 8.48. The van der Waals surface area contributed by atoms with Gasteiger partial charge in [0.2, 0.25) is 0 Å². The molecule has 1 heterocycles. The molecule has 0 saturated heterocycles. The summed E-state index contributed by atoms with van der Waals surface area (Å²) in [6, 6.07) is 0. The molecule has 0 bridgehead atoms. The van der Waals surface area contributed by atoms with Gasteiger partial charge in [-0.1, -0.05) is 6.92 Å². The molecule has 0 unspecified atom stereocenters. The van der Waals surface area contributed by atoms with E-state index in [1.807, 2.05) is 0 Å². The molecule has 1 aromatic rings. The second-order valence-corrected chi connectivity index (χ2v) is 2.49. The van der Waals surface area contributed by atoms with E-state index in [1.54, 1.807) is 6.92 Å². The summed E-state index contributed by atoms with van der Waals surface area (Å²) in [6.07, 6.45) is 1.38. The minimum Gasteiger partial charge on any atom is -0.388 e. The fraction of sp³-hybridized carbons (Fsp3) is 0.600. The Kier molecular flexibility index (Phi) is 2.04. The van der Waals surface area contributed by atoms with Crippen molar-refractivity contribution in [1.29, 1.82) is 0 Å². The molecular weight excluding hydrogens is 140 g/mol. The monoisotopic (exact) mass is 147 g/mol. The van der Waals surface area contributed by atoms with Gasteiger partial charge < -0.3 is 5.11 Å². The predicted octanol–water partition coefficient (Wildman–Crippen LogP) is -1.26. The molecule has 0 aliphatic rings. The van der Waals surface area contributed by atoms with Crippen LogP contribution >= 0.6 is 0 Å². The Morgan fingerprint density at radius 1 is 1.73 bits per heavy atom. The lowest BCUT2D eigenvalue weighted by Gasteiger charge is -2.18. The molecule has 6 heteroatoms. The molecule has 1 aromatic heterocycles. The zero-order valence-electron chi connectivity index (χ0n) is 6.23. The molecule has 0 aromatic carbocycles. The molecule has 4 radical (unpaired) electrons. The van der Waals surface area contributed by atoms with Crippen molar-refractivity contribution in [3.05, 3.63) is 12.2 Å². The lowest BCUT2D eigenvalue weighted by atomic mass is 9.64. The van der Waals surface area contributed by atoms with Gasteiger partial charge in [-0.25, -0.2) is 4.98 Å². The third kappa shape index (κ3) is 1.83. The summed E-state index contributed by atoms with van der Waals surface area (Å²) in [5.74, 6) is 0.312. The highest BCUT2D eigenvalue weighted by Gasteiger charge is 2.13. The summed E-state index contributed by atoms with van der Waals surface area (Å²) in [5, 5.41) is 11.3. The van der Waals surface area contributed by atoms with Crippen molar-refractivity contribution in [2.75, 3.05) is 0 Å². The quantitative estimate of drug-likeness (QED) is 0.530. The molecule has 11 heavy (non-hydrogen) atoms. The minimum absolute atomic E-state index is 0.205. The number of hydrogen-bond donors (Lipinski definition) is 1. The van der Waals surface area contributed by atoms with Crippen molar-refractivity contribution in [2.45, 2.75) is 18.9 Å². The van der Waals surface area contributed by atoms with Crippen LogP contribution in [0.4, 0.5) is 0 Å². The van der Waals surface area contributed by atoms with Gasteiger partial charge in [0.15, 0.2) is 5.82 Å². The second kappa shape index (κ2) is 2.70. The zero-order valence-corrected chi connectivity index (χ0v) is 6.23. The van der Waals surface area contributed by atoms with E-state index in [1.165, 1.54) is 11.0 Å². The van der Waals surface area contributed by atoms with Gasteiger partial charge in [0.25, 0.3) is 0 Å². The molecule has 0 atom stereocenters. The summed E-state index contributed by atoms with van der Waals surface area (Å²) in [4.78, 5) is 3.74. The molecular formula is C5H7B2N3O. The fourth-order valence-corrected chi connectivity index (χ4v) is 0.602. The first-order valence-corrected chi connectivity index (χ1v) is 3.13. The van der Waals surface area contributed by atoms with E-state index >= 15 is 0 Å². The number of aliphatic hydroxyl groups is 1. The number of rotatable bonds is 2. The number of nitrogens with zero attached hydrogens (tertiary/aromatic N) is 3. The number of aliphatic hydroxyl groups excluding tert-OH is 1. The predicted molar refractivity (Wildman–Crippen MR) is 41.1 cm³/mol. The highest BCUT2D eigenvalue weighted by molar-refractivity contribution is 6.37. The molecule has 0 aliphatic carbocycles. The Hall–Kier alpha value is -0.770. The Morgan fingerprint density at radius 2 is 2.36 bits per heavy atom. The second-order valence-electron chi connectivity index (χ2n) is 2.49. The highest BCUT2D eigenvalue weighted by Crippen LogP contribution is 2.02. The average Bonchev–Trinajstić information content (AvgIpc) is 2.32. The third-order valence-corrected chi connectivity index (χ3v) is 1.17. The van der Waals surface area contributed by atoms with Crippen molar-refractivity contribution in [3.63, 3.8) is 0 Å². The van der Waals surface area contributed by atoms with E-state index in [-0.39, 0.29) is 6.61 Å². The van der Waals surface area contributed by atoms with Gasteiger partial charge in [-0.15, -0.1) is 0 Å². The molecule has 0 fully saturated rings. The Morgan fingerprint density at radius 3 is 2.64 bits per heavy atom. The summed E-state index contributed by atoms with van der Waals surface area (Å²) in [5.41, 5.74) is 0. The average molecular weight is 147 g/mol. The van der Waals surface area contributed by atoms with Crippen LogP contribution in [0.15, 0.2) is 6.33 Å². The maximum Gasteiger partial charge on any atom is 0.175 e. The summed E-state index contributed by atoms with van der Waals surface area (Å²) >= 11 is 0. The lowest BCUT2D eigenvalue weighted by Crippen LogP contribution is -2.31. The molecule has 0 spiro atoms. The van der Waals surface area contributed by atoms with Crippen molar-refractivity contribution < 1.29 is 5.11 Å². The summed E-state index contributed by atoms with van der Waals surface area (Å²) < 4.78 is 1.29. The Labute approximate surface area is 67.5 Å². The molecule has 0 saturated carbocycles. The standard InChI is InChI=1S/C5H7B2N3O/c1-5(6,7)10-3-8-4(2-11)9-10/h3,11H,2H2,1H3. The minimum atomic E-state index is -1.06. The van der Waals surface area contributed by atoms with Gasteiger partial charge in [0, 0.05) is 0 Å². The molecule has 54 valence electrons. The van der Waals surface area contributed by atoms with Crippen LogP contribution in [-0.2, 0) is 11.9 Å². The van der Waals surface area contributed by atoms with Crippen LogP contribution in [0.1, 0.15) is 12.7 Å². The van der Waals surface area contributed by atoms with E-state index in [0.717, 1.165) is 0 Å². The molecule has 4 nitrogen and oxygen atoms in total. The molecule has 1 rings (SSSR count). The van der Waals surface area contributed by atoms with Crippen LogP contribution in [0, 0.1) is 0 Å². The maximum absolute atomic E-state index is 8.60. The Balaban J connectivity index is 2.89. The van der Waals surface area contributed by atoms with Gasteiger partial charge in [0.1, 0.15) is 12.9 Å². The van der Waals surface area contributed by atoms with E-state index in [0.29, 0.717) is 5.82 Å². The first-order valence-electron chi connectivity index (χ1n) is 3.13. The van der Waals surface area contributed by atoms with Crippen LogP contribution in [0.5, 0.6) is 0 Å². The maximum atomic E-state index is 8.60. The SMILES string of the molecule is [B]C([B])(C)n1cnc(CO)n1. The van der Waals surface area contributed by atoms with Crippen molar-refractivity contribution in [2.24, 2.45) is 0 Å². The molecule has 0 aliphatic heterocycles. The first-order chi connectivity index (χ1) is 5.04. The topological polar surface area (TPSA) is 50.9 Å². The smallest absolute Gasteiger partial charge is 0.175 e. The van der Waals surface area contributed by atoms with E-state index in [9.17, 15) is 0 Å². The molecule has 0 amide bonds. The third-order valence-electron chi connectivity index (χ3n) is 1.17. The number of hydrogen-bond acceptors (Lipinski definition) is 3. The van der Waals surface area contributed by atoms with Crippen LogP contribution < -0.4 is 0 Å². The van der Waals surface area contributed by atoms with Crippen LogP contribution in [0.25, 0.3) is 0 Å². The number of aromatic nitrogens is 3. The summed E-state index contributed by atoms with van der Waals surface area (Å²) in [7, 11) is 11.0. The van der Waals surface area contributed by atoms with Gasteiger partial charge in [-0.2, -0.15) is 5.10 Å². The van der Waals surface area contributed by atoms with Gasteiger partial charge >= 0.3 is 0 Å². The molecule has 1 N–H and O–H groups in total.